The first-order chi connectivity index (χ1) is 10.2. The fourth-order valence-electron chi connectivity index (χ4n) is 4.39. The predicted molar refractivity (Wildman–Crippen MR) is 87.1 cm³/mol. The number of nitriles is 1. The molecule has 120 valence electrons. The van der Waals surface area contributed by atoms with Gasteiger partial charge in [0, 0.05) is 12.6 Å². The second-order valence-corrected chi connectivity index (χ2v) is 6.68. The maximum absolute atomic E-state index is 9.52. The number of rotatable bonds is 7. The van der Waals surface area contributed by atoms with Crippen molar-refractivity contribution in [3.63, 3.8) is 0 Å². The first kappa shape index (κ1) is 16.7. The predicted octanol–water partition coefficient (Wildman–Crippen LogP) is 2.07. The van der Waals surface area contributed by atoms with E-state index < -0.39 is 0 Å². The highest BCUT2D eigenvalue weighted by atomic mass is 15.2. The molecule has 0 radical (unpaired) electrons. The Kier molecular flexibility index (Phi) is 6.04. The van der Waals surface area contributed by atoms with Crippen LogP contribution in [-0.2, 0) is 0 Å². The summed E-state index contributed by atoms with van der Waals surface area (Å²) < 4.78 is 0. The van der Waals surface area contributed by atoms with E-state index in [-0.39, 0.29) is 5.54 Å². The average Bonchev–Trinajstić information content (AvgIpc) is 3.13. The van der Waals surface area contributed by atoms with E-state index >= 15 is 0 Å². The highest BCUT2D eigenvalue weighted by molar-refractivity contribution is 5.13. The lowest BCUT2D eigenvalue weighted by atomic mass is 9.86. The minimum Gasteiger partial charge on any atom is -0.302 e. The number of nitrogens with zero attached hydrogens (tertiary/aromatic N) is 3. The molecular weight excluding hydrogens is 260 g/mol. The van der Waals surface area contributed by atoms with Gasteiger partial charge in [0.1, 0.15) is 5.54 Å². The quantitative estimate of drug-likeness (QED) is 0.780. The van der Waals surface area contributed by atoms with Gasteiger partial charge in [-0.2, -0.15) is 5.26 Å². The molecule has 3 unspecified atom stereocenters. The summed E-state index contributed by atoms with van der Waals surface area (Å²) in [5.41, 5.74) is -0.252. The van der Waals surface area contributed by atoms with Crippen LogP contribution in [0.3, 0.4) is 0 Å². The summed E-state index contributed by atoms with van der Waals surface area (Å²) >= 11 is 0. The summed E-state index contributed by atoms with van der Waals surface area (Å²) in [4.78, 5) is 5.20. The van der Waals surface area contributed by atoms with Crippen LogP contribution in [-0.4, -0.2) is 61.2 Å². The van der Waals surface area contributed by atoms with E-state index in [0.717, 1.165) is 32.1 Å². The van der Waals surface area contributed by atoms with Gasteiger partial charge in [-0.05, 0) is 64.8 Å². The molecular formula is C17H32N4. The third-order valence-corrected chi connectivity index (χ3v) is 5.84. The van der Waals surface area contributed by atoms with E-state index in [2.05, 4.69) is 35.0 Å². The van der Waals surface area contributed by atoms with Crippen molar-refractivity contribution in [2.45, 2.75) is 57.5 Å². The molecule has 1 aliphatic carbocycles. The Morgan fingerprint density at radius 3 is 2.71 bits per heavy atom. The average molecular weight is 292 g/mol. The molecule has 4 heteroatoms. The smallest absolute Gasteiger partial charge is 0.109 e. The van der Waals surface area contributed by atoms with Gasteiger partial charge in [0.2, 0.25) is 0 Å². The topological polar surface area (TPSA) is 42.3 Å². The third kappa shape index (κ3) is 3.59. The van der Waals surface area contributed by atoms with Crippen LogP contribution < -0.4 is 5.32 Å². The van der Waals surface area contributed by atoms with Crippen LogP contribution in [0.5, 0.6) is 0 Å². The molecule has 1 aliphatic heterocycles. The highest BCUT2D eigenvalue weighted by Crippen LogP contribution is 2.37. The Balaban J connectivity index is 1.81. The molecule has 0 aromatic heterocycles. The Morgan fingerprint density at radius 1 is 1.33 bits per heavy atom. The number of likely N-dealkylation sites (N-methyl/N-ethyl adjacent to an activating group) is 1. The van der Waals surface area contributed by atoms with Crippen molar-refractivity contribution in [1.82, 2.24) is 15.1 Å². The minimum atomic E-state index is -0.252. The van der Waals surface area contributed by atoms with Gasteiger partial charge in [-0.3, -0.25) is 4.90 Å². The molecule has 1 heterocycles. The van der Waals surface area contributed by atoms with Gasteiger partial charge in [-0.25, -0.2) is 0 Å². The van der Waals surface area contributed by atoms with E-state index in [1.54, 1.807) is 0 Å². The number of hydrogen-bond acceptors (Lipinski definition) is 4. The summed E-state index contributed by atoms with van der Waals surface area (Å²) in [6, 6.07) is 3.30. The molecule has 0 bridgehead atoms. The lowest BCUT2D eigenvalue weighted by Gasteiger charge is -2.30. The standard InChI is InChI=1S/C17H32N4/c1-4-21(5-2)16-9-12-20(13-16)11-8-15-7-6-10-17(15,14-18)19-3/h15-16,19H,4-13H2,1-3H3. The Morgan fingerprint density at radius 2 is 2.10 bits per heavy atom. The zero-order valence-corrected chi connectivity index (χ0v) is 14.1. The molecule has 0 aromatic carbocycles. The third-order valence-electron chi connectivity index (χ3n) is 5.84. The molecule has 2 fully saturated rings. The van der Waals surface area contributed by atoms with E-state index in [4.69, 9.17) is 0 Å². The number of hydrogen-bond donors (Lipinski definition) is 1. The number of likely N-dealkylation sites (tertiary alicyclic amines) is 1. The van der Waals surface area contributed by atoms with E-state index in [9.17, 15) is 5.26 Å². The van der Waals surface area contributed by atoms with Crippen molar-refractivity contribution in [2.24, 2.45) is 5.92 Å². The van der Waals surface area contributed by atoms with E-state index in [1.165, 1.54) is 38.8 Å². The maximum Gasteiger partial charge on any atom is 0.109 e. The van der Waals surface area contributed by atoms with Gasteiger partial charge >= 0.3 is 0 Å². The molecule has 4 nitrogen and oxygen atoms in total. The van der Waals surface area contributed by atoms with Crippen LogP contribution in [0.15, 0.2) is 0 Å². The SMILES string of the molecule is CCN(CC)C1CCN(CCC2CCCC2(C#N)NC)C1. The molecule has 2 aliphatic rings. The number of nitrogens with one attached hydrogen (secondary N) is 1. The van der Waals surface area contributed by atoms with Gasteiger partial charge in [0.25, 0.3) is 0 Å². The highest BCUT2D eigenvalue weighted by Gasteiger charge is 2.42. The van der Waals surface area contributed by atoms with Gasteiger partial charge in [0.05, 0.1) is 6.07 Å². The molecule has 21 heavy (non-hydrogen) atoms. The van der Waals surface area contributed by atoms with Gasteiger partial charge < -0.3 is 10.2 Å². The van der Waals surface area contributed by atoms with Crippen molar-refractivity contribution in [3.05, 3.63) is 0 Å². The second kappa shape index (κ2) is 7.58. The fraction of sp³-hybridized carbons (Fsp3) is 0.941. The van der Waals surface area contributed by atoms with Crippen molar-refractivity contribution in [3.8, 4) is 6.07 Å². The van der Waals surface area contributed by atoms with Crippen LogP contribution in [0.2, 0.25) is 0 Å². The second-order valence-electron chi connectivity index (χ2n) is 6.68. The van der Waals surface area contributed by atoms with Gasteiger partial charge in [0.15, 0.2) is 0 Å². The minimum absolute atomic E-state index is 0.252. The largest absolute Gasteiger partial charge is 0.302 e. The van der Waals surface area contributed by atoms with Gasteiger partial charge in [-0.15, -0.1) is 0 Å². The molecule has 1 N–H and O–H groups in total. The Hall–Kier alpha value is -0.630. The maximum atomic E-state index is 9.52. The summed E-state index contributed by atoms with van der Waals surface area (Å²) in [5.74, 6) is 0.528. The zero-order chi connectivity index (χ0) is 15.3. The molecule has 0 aromatic rings. The van der Waals surface area contributed by atoms with Crippen molar-refractivity contribution in [2.75, 3.05) is 39.8 Å². The summed E-state index contributed by atoms with van der Waals surface area (Å²) in [5, 5.41) is 12.8. The Labute approximate surface area is 130 Å². The summed E-state index contributed by atoms with van der Waals surface area (Å²) in [6.07, 6.45) is 5.90. The van der Waals surface area contributed by atoms with E-state index in [0.29, 0.717) is 5.92 Å². The van der Waals surface area contributed by atoms with Crippen molar-refractivity contribution in [1.29, 1.82) is 5.26 Å². The molecule has 1 saturated carbocycles. The van der Waals surface area contributed by atoms with Crippen LogP contribution in [0.4, 0.5) is 0 Å². The fourth-order valence-corrected chi connectivity index (χ4v) is 4.39. The molecule has 0 spiro atoms. The van der Waals surface area contributed by atoms with E-state index in [1.807, 2.05) is 7.05 Å². The summed E-state index contributed by atoms with van der Waals surface area (Å²) in [7, 11) is 1.95. The molecule has 0 amide bonds. The monoisotopic (exact) mass is 292 g/mol. The van der Waals surface area contributed by atoms with Crippen LogP contribution in [0, 0.1) is 17.2 Å². The molecule has 2 rings (SSSR count). The molecule has 3 atom stereocenters. The normalized spacial score (nSPS) is 33.7. The van der Waals surface area contributed by atoms with Crippen LogP contribution in [0.1, 0.15) is 46.0 Å². The summed E-state index contributed by atoms with van der Waals surface area (Å²) in [6.45, 7) is 10.5. The zero-order valence-electron chi connectivity index (χ0n) is 14.1. The lowest BCUT2D eigenvalue weighted by molar-refractivity contribution is 0.202. The first-order valence-electron chi connectivity index (χ1n) is 8.75. The first-order valence-corrected chi connectivity index (χ1v) is 8.75. The van der Waals surface area contributed by atoms with Crippen molar-refractivity contribution >= 4 is 0 Å². The molecule has 1 saturated heterocycles. The lowest BCUT2D eigenvalue weighted by Crippen LogP contribution is -2.45. The van der Waals surface area contributed by atoms with Crippen LogP contribution >= 0.6 is 0 Å². The Bertz CT molecular complexity index is 360. The van der Waals surface area contributed by atoms with Gasteiger partial charge in [-0.1, -0.05) is 20.3 Å². The van der Waals surface area contributed by atoms with Crippen LogP contribution in [0.25, 0.3) is 0 Å². The van der Waals surface area contributed by atoms with Crippen molar-refractivity contribution < 1.29 is 0 Å².